The molecule has 0 radical (unpaired) electrons. The van der Waals surface area contributed by atoms with Gasteiger partial charge in [0.25, 0.3) is 5.91 Å². The Balaban J connectivity index is 0.00000200. The fraction of sp³-hybridized carbons (Fsp3) is 0.643. The standard InChI is InChI=1S/C14H22N4O.ClH/c1-9(2)13-12(6-16-8-17-13)14(19)18-7-11(5-15)4-10(18)3;/h6,8-11H,4-5,7,15H2,1-3H3;1H. The highest BCUT2D eigenvalue weighted by molar-refractivity contribution is 5.95. The number of rotatable bonds is 3. The van der Waals surface area contributed by atoms with Gasteiger partial charge in [-0.25, -0.2) is 9.97 Å². The third kappa shape index (κ3) is 3.27. The van der Waals surface area contributed by atoms with Crippen LogP contribution in [0, 0.1) is 5.92 Å². The largest absolute Gasteiger partial charge is 0.335 e. The third-order valence-corrected chi connectivity index (χ3v) is 3.78. The van der Waals surface area contributed by atoms with Crippen LogP contribution in [0.25, 0.3) is 0 Å². The quantitative estimate of drug-likeness (QED) is 0.924. The van der Waals surface area contributed by atoms with Gasteiger partial charge >= 0.3 is 0 Å². The third-order valence-electron chi connectivity index (χ3n) is 3.78. The molecule has 1 saturated heterocycles. The molecule has 0 bridgehead atoms. The van der Waals surface area contributed by atoms with Crippen LogP contribution in [-0.2, 0) is 0 Å². The van der Waals surface area contributed by atoms with Crippen molar-refractivity contribution in [3.63, 3.8) is 0 Å². The number of hydrogen-bond donors (Lipinski definition) is 1. The summed E-state index contributed by atoms with van der Waals surface area (Å²) in [6.45, 7) is 7.52. The zero-order valence-corrected chi connectivity index (χ0v) is 13.1. The molecule has 1 fully saturated rings. The highest BCUT2D eigenvalue weighted by atomic mass is 35.5. The van der Waals surface area contributed by atoms with Gasteiger partial charge in [-0.2, -0.15) is 0 Å². The van der Waals surface area contributed by atoms with E-state index in [1.807, 2.05) is 18.7 Å². The summed E-state index contributed by atoms with van der Waals surface area (Å²) in [6.07, 6.45) is 4.11. The molecule has 1 aliphatic rings. The van der Waals surface area contributed by atoms with Gasteiger partial charge in [-0.15, -0.1) is 12.4 Å². The molecule has 0 spiro atoms. The molecule has 2 N–H and O–H groups in total. The number of carbonyl (C=O) groups is 1. The summed E-state index contributed by atoms with van der Waals surface area (Å²) in [5.41, 5.74) is 7.16. The van der Waals surface area contributed by atoms with Gasteiger partial charge in [0, 0.05) is 18.8 Å². The second-order valence-corrected chi connectivity index (χ2v) is 5.62. The Kier molecular flexibility index (Phi) is 5.89. The second kappa shape index (κ2) is 6.99. The van der Waals surface area contributed by atoms with Crippen LogP contribution in [0.4, 0.5) is 0 Å². The van der Waals surface area contributed by atoms with Crippen molar-refractivity contribution < 1.29 is 4.79 Å². The summed E-state index contributed by atoms with van der Waals surface area (Å²) < 4.78 is 0. The van der Waals surface area contributed by atoms with Crippen LogP contribution in [0.1, 0.15) is 49.2 Å². The highest BCUT2D eigenvalue weighted by Crippen LogP contribution is 2.26. The van der Waals surface area contributed by atoms with Gasteiger partial charge in [-0.1, -0.05) is 13.8 Å². The number of halogens is 1. The van der Waals surface area contributed by atoms with Crippen LogP contribution in [0.15, 0.2) is 12.5 Å². The highest BCUT2D eigenvalue weighted by Gasteiger charge is 2.33. The predicted octanol–water partition coefficient (Wildman–Crippen LogP) is 1.83. The molecular weight excluding hydrogens is 276 g/mol. The molecule has 0 aliphatic carbocycles. The maximum Gasteiger partial charge on any atom is 0.257 e. The van der Waals surface area contributed by atoms with Crippen LogP contribution in [-0.4, -0.2) is 39.9 Å². The number of nitrogens with zero attached hydrogens (tertiary/aromatic N) is 3. The Hall–Kier alpha value is -1.20. The van der Waals surface area contributed by atoms with Crippen molar-refractivity contribution in [3.8, 4) is 0 Å². The molecule has 0 aromatic carbocycles. The average molecular weight is 299 g/mol. The number of likely N-dealkylation sites (tertiary alicyclic amines) is 1. The van der Waals surface area contributed by atoms with Gasteiger partial charge in [-0.05, 0) is 31.7 Å². The van der Waals surface area contributed by atoms with E-state index in [9.17, 15) is 4.79 Å². The average Bonchev–Trinajstić information content (AvgIpc) is 2.79. The fourth-order valence-corrected chi connectivity index (χ4v) is 2.71. The van der Waals surface area contributed by atoms with Crippen molar-refractivity contribution in [2.75, 3.05) is 13.1 Å². The number of nitrogens with two attached hydrogens (primary N) is 1. The fourth-order valence-electron chi connectivity index (χ4n) is 2.71. The molecule has 1 amide bonds. The molecule has 2 heterocycles. The lowest BCUT2D eigenvalue weighted by atomic mass is 10.0. The van der Waals surface area contributed by atoms with E-state index < -0.39 is 0 Å². The van der Waals surface area contributed by atoms with E-state index in [4.69, 9.17) is 5.73 Å². The molecule has 20 heavy (non-hydrogen) atoms. The smallest absolute Gasteiger partial charge is 0.257 e. The molecule has 6 heteroatoms. The molecule has 112 valence electrons. The summed E-state index contributed by atoms with van der Waals surface area (Å²) in [4.78, 5) is 22.8. The van der Waals surface area contributed by atoms with Gasteiger partial charge in [0.15, 0.2) is 0 Å². The molecule has 5 nitrogen and oxygen atoms in total. The topological polar surface area (TPSA) is 72.1 Å². The first-order chi connectivity index (χ1) is 9.04. The van der Waals surface area contributed by atoms with E-state index in [1.165, 1.54) is 6.33 Å². The van der Waals surface area contributed by atoms with Crippen LogP contribution >= 0.6 is 12.4 Å². The minimum absolute atomic E-state index is 0. The summed E-state index contributed by atoms with van der Waals surface area (Å²) >= 11 is 0. The van der Waals surface area contributed by atoms with E-state index in [0.717, 1.165) is 18.7 Å². The summed E-state index contributed by atoms with van der Waals surface area (Å²) in [6, 6.07) is 0.237. The molecule has 1 aliphatic heterocycles. The van der Waals surface area contributed by atoms with E-state index in [1.54, 1.807) is 6.20 Å². The Bertz CT molecular complexity index is 466. The molecule has 1 aromatic rings. The van der Waals surface area contributed by atoms with Crippen molar-refractivity contribution in [2.24, 2.45) is 11.7 Å². The maximum atomic E-state index is 12.6. The van der Waals surface area contributed by atoms with Gasteiger partial charge in [0.1, 0.15) is 6.33 Å². The first-order valence-corrected chi connectivity index (χ1v) is 6.85. The summed E-state index contributed by atoms with van der Waals surface area (Å²) in [5, 5.41) is 0. The number of carbonyl (C=O) groups excluding carboxylic acids is 1. The van der Waals surface area contributed by atoms with Crippen LogP contribution in [0.5, 0.6) is 0 Å². The van der Waals surface area contributed by atoms with E-state index in [0.29, 0.717) is 18.0 Å². The van der Waals surface area contributed by atoms with Gasteiger partial charge in [0.2, 0.25) is 0 Å². The van der Waals surface area contributed by atoms with Crippen molar-refractivity contribution in [1.29, 1.82) is 0 Å². The number of amides is 1. The van der Waals surface area contributed by atoms with Gasteiger partial charge < -0.3 is 10.6 Å². The van der Waals surface area contributed by atoms with Crippen LogP contribution in [0.2, 0.25) is 0 Å². The molecule has 2 unspecified atom stereocenters. The van der Waals surface area contributed by atoms with E-state index in [2.05, 4.69) is 16.9 Å². The van der Waals surface area contributed by atoms with Gasteiger partial charge in [0.05, 0.1) is 11.3 Å². The summed E-state index contributed by atoms with van der Waals surface area (Å²) in [5.74, 6) is 0.656. The normalized spacial score (nSPS) is 21.9. The molecule has 2 rings (SSSR count). The molecular formula is C14H23ClN4O. The maximum absolute atomic E-state index is 12.6. The number of aromatic nitrogens is 2. The zero-order chi connectivity index (χ0) is 14.0. The lowest BCUT2D eigenvalue weighted by molar-refractivity contribution is 0.0741. The predicted molar refractivity (Wildman–Crippen MR) is 81.0 cm³/mol. The van der Waals surface area contributed by atoms with Crippen molar-refractivity contribution >= 4 is 18.3 Å². The summed E-state index contributed by atoms with van der Waals surface area (Å²) in [7, 11) is 0. The zero-order valence-electron chi connectivity index (χ0n) is 12.2. The molecule has 0 saturated carbocycles. The molecule has 1 aromatic heterocycles. The lowest BCUT2D eigenvalue weighted by Crippen LogP contribution is -2.35. The first-order valence-electron chi connectivity index (χ1n) is 6.85. The Morgan fingerprint density at radius 3 is 2.80 bits per heavy atom. The van der Waals surface area contributed by atoms with Crippen molar-refractivity contribution in [3.05, 3.63) is 23.8 Å². The minimum atomic E-state index is 0. The van der Waals surface area contributed by atoms with Crippen LogP contribution in [0.3, 0.4) is 0 Å². The lowest BCUT2D eigenvalue weighted by Gasteiger charge is -2.23. The van der Waals surface area contributed by atoms with Gasteiger partial charge in [-0.3, -0.25) is 4.79 Å². The van der Waals surface area contributed by atoms with E-state index >= 15 is 0 Å². The van der Waals surface area contributed by atoms with Crippen LogP contribution < -0.4 is 5.73 Å². The Morgan fingerprint density at radius 1 is 1.55 bits per heavy atom. The monoisotopic (exact) mass is 298 g/mol. The number of hydrogen-bond acceptors (Lipinski definition) is 4. The van der Waals surface area contributed by atoms with Crippen molar-refractivity contribution in [2.45, 2.75) is 39.2 Å². The van der Waals surface area contributed by atoms with Crippen molar-refractivity contribution in [1.82, 2.24) is 14.9 Å². The minimum Gasteiger partial charge on any atom is -0.335 e. The Labute approximate surface area is 126 Å². The van der Waals surface area contributed by atoms with E-state index in [-0.39, 0.29) is 30.3 Å². The second-order valence-electron chi connectivity index (χ2n) is 5.62. The molecule has 2 atom stereocenters. The first kappa shape index (κ1) is 16.9. The Morgan fingerprint density at radius 2 is 2.25 bits per heavy atom. The SMILES string of the molecule is CC(C)c1ncncc1C(=O)N1CC(CN)CC1C.Cl.